The number of hydrogen-bond donors (Lipinski definition) is 1. The topological polar surface area (TPSA) is 36.9 Å². The molecule has 174 valence electrons. The van der Waals surface area contributed by atoms with Crippen LogP contribution in [0.4, 0.5) is 0 Å². The number of ether oxygens (including phenoxy) is 1. The van der Waals surface area contributed by atoms with Gasteiger partial charge in [-0.1, -0.05) is 43.8 Å². The van der Waals surface area contributed by atoms with Gasteiger partial charge in [0, 0.05) is 44.3 Å². The number of nitrogens with one attached hydrogen (secondary N) is 1. The molecule has 1 heterocycles. The molecule has 1 N–H and O–H groups in total. The number of aliphatic imine (C=N–C) groups is 1. The lowest BCUT2D eigenvalue weighted by atomic mass is 9.90. The Morgan fingerprint density at radius 3 is 2.67 bits per heavy atom. The Kier molecular flexibility index (Phi) is 7.66. The Labute approximate surface area is 199 Å². The van der Waals surface area contributed by atoms with E-state index in [1.165, 1.54) is 35.1 Å². The fraction of sp³-hybridized carbons (Fsp3) is 0.414. The highest BCUT2D eigenvalue weighted by atomic mass is 16.5. The summed E-state index contributed by atoms with van der Waals surface area (Å²) < 4.78 is 6.01. The minimum Gasteiger partial charge on any atom is -0.493 e. The third kappa shape index (κ3) is 6.58. The smallest absolute Gasteiger partial charge is 0.119 e. The van der Waals surface area contributed by atoms with Gasteiger partial charge in [-0.2, -0.15) is 0 Å². The lowest BCUT2D eigenvalue weighted by molar-refractivity contribution is 0.225. The largest absolute Gasteiger partial charge is 0.493 e. The van der Waals surface area contributed by atoms with Crippen molar-refractivity contribution < 1.29 is 4.74 Å². The summed E-state index contributed by atoms with van der Waals surface area (Å²) in [5.74, 6) is 2.34. The van der Waals surface area contributed by atoms with Gasteiger partial charge < -0.3 is 10.1 Å². The minimum atomic E-state index is 0.515. The van der Waals surface area contributed by atoms with Crippen molar-refractivity contribution in [2.75, 3.05) is 13.2 Å². The summed E-state index contributed by atoms with van der Waals surface area (Å²) in [5.41, 5.74) is 7.45. The molecule has 33 heavy (non-hydrogen) atoms. The summed E-state index contributed by atoms with van der Waals surface area (Å²) in [7, 11) is 0. The third-order valence-corrected chi connectivity index (χ3v) is 6.59. The molecule has 4 rings (SSSR count). The van der Waals surface area contributed by atoms with Gasteiger partial charge in [0.1, 0.15) is 5.75 Å². The highest BCUT2D eigenvalue weighted by Crippen LogP contribution is 2.33. The number of nitrogens with zero attached hydrogens (tertiary/aromatic N) is 2. The molecule has 0 aromatic heterocycles. The molecule has 0 spiro atoms. The molecule has 2 aromatic carbocycles. The van der Waals surface area contributed by atoms with Crippen LogP contribution in [0.5, 0.6) is 5.75 Å². The van der Waals surface area contributed by atoms with E-state index in [-0.39, 0.29) is 0 Å². The zero-order valence-electron chi connectivity index (χ0n) is 20.3. The van der Waals surface area contributed by atoms with E-state index in [2.05, 4.69) is 71.2 Å². The molecular formula is C29H37N3O. The number of hydrogen-bond acceptors (Lipinski definition) is 4. The molecule has 2 aliphatic rings. The predicted octanol–water partition coefficient (Wildman–Crippen LogP) is 6.19. The second kappa shape index (κ2) is 10.8. The first-order chi connectivity index (χ1) is 16.0. The average molecular weight is 444 g/mol. The fourth-order valence-corrected chi connectivity index (χ4v) is 4.31. The maximum Gasteiger partial charge on any atom is 0.119 e. The van der Waals surface area contributed by atoms with Crippen molar-refractivity contribution >= 4 is 6.21 Å². The Hall–Kier alpha value is -2.85. The molecule has 4 heteroatoms. The van der Waals surface area contributed by atoms with Crippen LogP contribution in [0.2, 0.25) is 0 Å². The van der Waals surface area contributed by atoms with E-state index < -0.39 is 0 Å². The van der Waals surface area contributed by atoms with Crippen molar-refractivity contribution in [3.63, 3.8) is 0 Å². The van der Waals surface area contributed by atoms with Gasteiger partial charge in [-0.15, -0.1) is 0 Å². The van der Waals surface area contributed by atoms with Crippen LogP contribution >= 0.6 is 0 Å². The molecule has 0 radical (unpaired) electrons. The van der Waals surface area contributed by atoms with Crippen LogP contribution in [0.1, 0.15) is 61.8 Å². The van der Waals surface area contributed by atoms with Gasteiger partial charge in [0.15, 0.2) is 0 Å². The van der Waals surface area contributed by atoms with Gasteiger partial charge >= 0.3 is 0 Å². The number of benzene rings is 2. The third-order valence-electron chi connectivity index (χ3n) is 6.59. The molecule has 2 aromatic rings. The van der Waals surface area contributed by atoms with Crippen LogP contribution in [0, 0.1) is 5.92 Å². The van der Waals surface area contributed by atoms with Crippen LogP contribution in [-0.4, -0.2) is 24.3 Å². The van der Waals surface area contributed by atoms with Crippen molar-refractivity contribution in [3.05, 3.63) is 88.8 Å². The van der Waals surface area contributed by atoms with Crippen LogP contribution < -0.4 is 10.1 Å². The molecule has 0 bridgehead atoms. The Morgan fingerprint density at radius 2 is 1.94 bits per heavy atom. The first-order valence-corrected chi connectivity index (χ1v) is 12.2. The number of allylic oxidation sites excluding steroid dienone is 1. The number of rotatable bonds is 10. The summed E-state index contributed by atoms with van der Waals surface area (Å²) in [5, 5.41) is 3.39. The molecule has 1 unspecified atom stereocenters. The number of fused-ring (bicyclic) bond motifs is 1. The zero-order valence-corrected chi connectivity index (χ0v) is 20.3. The van der Waals surface area contributed by atoms with Crippen molar-refractivity contribution in [1.29, 1.82) is 0 Å². The molecule has 1 atom stereocenters. The molecule has 0 saturated heterocycles. The van der Waals surface area contributed by atoms with Gasteiger partial charge in [0.25, 0.3) is 0 Å². The lowest BCUT2D eigenvalue weighted by Crippen LogP contribution is -2.32. The van der Waals surface area contributed by atoms with Crippen LogP contribution in [-0.2, 0) is 19.6 Å². The fourth-order valence-electron chi connectivity index (χ4n) is 4.31. The second-order valence-corrected chi connectivity index (χ2v) is 9.55. The molecule has 4 nitrogen and oxygen atoms in total. The minimum absolute atomic E-state index is 0.515. The molecule has 1 aliphatic carbocycles. The lowest BCUT2D eigenvalue weighted by Gasteiger charge is -2.33. The van der Waals surface area contributed by atoms with E-state index in [4.69, 9.17) is 4.74 Å². The first kappa shape index (κ1) is 23.3. The Morgan fingerprint density at radius 1 is 1.18 bits per heavy atom. The normalized spacial score (nSPS) is 18.9. The van der Waals surface area contributed by atoms with E-state index in [9.17, 15) is 0 Å². The van der Waals surface area contributed by atoms with E-state index in [1.807, 2.05) is 20.0 Å². The molecule has 1 saturated carbocycles. The summed E-state index contributed by atoms with van der Waals surface area (Å²) in [6, 6.07) is 15.6. The maximum absolute atomic E-state index is 6.01. The summed E-state index contributed by atoms with van der Waals surface area (Å²) in [6.45, 7) is 15.1. The van der Waals surface area contributed by atoms with Gasteiger partial charge in [0.2, 0.25) is 0 Å². The summed E-state index contributed by atoms with van der Waals surface area (Å²) >= 11 is 0. The van der Waals surface area contributed by atoms with Gasteiger partial charge in [-0.05, 0) is 78.5 Å². The van der Waals surface area contributed by atoms with Gasteiger partial charge in [-0.3, -0.25) is 9.89 Å². The second-order valence-electron chi connectivity index (χ2n) is 9.55. The molecule has 1 aliphatic heterocycles. The highest BCUT2D eigenvalue weighted by molar-refractivity contribution is 5.54. The predicted molar refractivity (Wildman–Crippen MR) is 138 cm³/mol. The van der Waals surface area contributed by atoms with Crippen LogP contribution in [0.25, 0.3) is 0 Å². The van der Waals surface area contributed by atoms with Gasteiger partial charge in [-0.25, -0.2) is 0 Å². The van der Waals surface area contributed by atoms with E-state index in [1.54, 1.807) is 6.21 Å². The molecule has 0 amide bonds. The van der Waals surface area contributed by atoms with E-state index in [0.29, 0.717) is 5.92 Å². The zero-order chi connectivity index (χ0) is 23.2. The summed E-state index contributed by atoms with van der Waals surface area (Å²) in [6.07, 6.45) is 6.26. The quantitative estimate of drug-likeness (QED) is 0.351. The molecule has 1 fully saturated rings. The van der Waals surface area contributed by atoms with Gasteiger partial charge in [0.05, 0.1) is 6.61 Å². The maximum atomic E-state index is 6.01. The van der Waals surface area contributed by atoms with E-state index in [0.717, 1.165) is 55.7 Å². The SMILES string of the molecule is C=C(NCc1ccc(CN2Cc3ccc(OCC4CC4)cc3C(C)C2)cc1)/C(C)=C/N=CC. The van der Waals surface area contributed by atoms with Crippen molar-refractivity contribution in [2.24, 2.45) is 10.9 Å². The van der Waals surface area contributed by atoms with E-state index >= 15 is 0 Å². The average Bonchev–Trinajstić information content (AvgIpc) is 3.65. The monoisotopic (exact) mass is 443 g/mol. The molecular weight excluding hydrogens is 406 g/mol. The Balaban J connectivity index is 1.30. The van der Waals surface area contributed by atoms with Crippen molar-refractivity contribution in [1.82, 2.24) is 10.2 Å². The van der Waals surface area contributed by atoms with Crippen LogP contribution in [0.15, 0.2) is 71.5 Å². The van der Waals surface area contributed by atoms with Crippen molar-refractivity contribution in [3.8, 4) is 5.75 Å². The highest BCUT2D eigenvalue weighted by Gasteiger charge is 2.24. The summed E-state index contributed by atoms with van der Waals surface area (Å²) in [4.78, 5) is 6.71. The Bertz CT molecular complexity index is 1020. The van der Waals surface area contributed by atoms with Crippen molar-refractivity contribution in [2.45, 2.75) is 59.2 Å². The standard InChI is InChI=1S/C29H37N3O/c1-5-30-15-21(2)23(4)31-16-24-6-8-25(9-7-24)18-32-17-22(3)29-14-28(13-12-27(29)19-32)33-20-26-10-11-26/h5-9,12-15,22,26,31H,4,10-11,16-20H2,1-3H3/b21-15+,30-5?. The van der Waals surface area contributed by atoms with Crippen LogP contribution in [0.3, 0.4) is 0 Å². The first-order valence-electron chi connectivity index (χ1n) is 12.2.